The molecular weight excluding hydrogens is 257 g/mol. The van der Waals surface area contributed by atoms with Crippen LogP contribution in [-0.4, -0.2) is 34.6 Å². The summed E-state index contributed by atoms with van der Waals surface area (Å²) >= 11 is 0. The maximum atomic E-state index is 12.9. The fourth-order valence-corrected chi connectivity index (χ4v) is 2.82. The van der Waals surface area contributed by atoms with Gasteiger partial charge >= 0.3 is 5.97 Å². The molecule has 1 N–H and O–H groups in total. The lowest BCUT2D eigenvalue weighted by Crippen LogP contribution is -2.56. The third kappa shape index (κ3) is 3.18. The van der Waals surface area contributed by atoms with Crippen LogP contribution >= 0.6 is 0 Å². The van der Waals surface area contributed by atoms with Crippen molar-refractivity contribution in [2.24, 2.45) is 5.92 Å². The van der Waals surface area contributed by atoms with Crippen LogP contribution in [0, 0.1) is 11.7 Å². The first kappa shape index (κ1) is 15.0. The van der Waals surface area contributed by atoms with Crippen LogP contribution in [0.25, 0.3) is 0 Å². The Bertz CT molecular complexity index is 466. The third-order valence-corrected chi connectivity index (χ3v) is 4.40. The van der Waals surface area contributed by atoms with Gasteiger partial charge in [-0.05, 0) is 56.5 Å². The van der Waals surface area contributed by atoms with Crippen molar-refractivity contribution in [1.29, 1.82) is 0 Å². The number of carboxylic acids is 1. The van der Waals surface area contributed by atoms with Gasteiger partial charge in [0.15, 0.2) is 0 Å². The molecule has 1 aromatic rings. The zero-order valence-corrected chi connectivity index (χ0v) is 12.1. The largest absolute Gasteiger partial charge is 0.480 e. The fourth-order valence-electron chi connectivity index (χ4n) is 2.82. The average molecular weight is 279 g/mol. The van der Waals surface area contributed by atoms with Gasteiger partial charge in [0.25, 0.3) is 0 Å². The van der Waals surface area contributed by atoms with E-state index in [0.29, 0.717) is 12.3 Å². The van der Waals surface area contributed by atoms with Crippen molar-refractivity contribution in [3.8, 4) is 0 Å². The number of likely N-dealkylation sites (tertiary alicyclic amines) is 1. The number of hydrogen-bond acceptors (Lipinski definition) is 2. The minimum atomic E-state index is -0.919. The van der Waals surface area contributed by atoms with Gasteiger partial charge in [0.05, 0.1) is 0 Å². The molecule has 1 saturated heterocycles. The highest BCUT2D eigenvalue weighted by Crippen LogP contribution is 2.27. The summed E-state index contributed by atoms with van der Waals surface area (Å²) in [4.78, 5) is 13.8. The maximum absolute atomic E-state index is 12.9. The average Bonchev–Trinajstić information content (AvgIpc) is 2.42. The van der Waals surface area contributed by atoms with Gasteiger partial charge in [-0.15, -0.1) is 0 Å². The van der Waals surface area contributed by atoms with Crippen LogP contribution in [0.3, 0.4) is 0 Å². The Morgan fingerprint density at radius 2 is 1.90 bits per heavy atom. The SMILES string of the molecule is CC1CCN(C(C)(Cc2ccc(F)cc2)C(=O)O)CC1. The molecular formula is C16H22FNO2. The number of aliphatic carboxylic acids is 1. The maximum Gasteiger partial charge on any atom is 0.324 e. The number of piperidine rings is 1. The van der Waals surface area contributed by atoms with Crippen LogP contribution in [0.5, 0.6) is 0 Å². The summed E-state index contributed by atoms with van der Waals surface area (Å²) < 4.78 is 12.9. The highest BCUT2D eigenvalue weighted by molar-refractivity contribution is 5.78. The summed E-state index contributed by atoms with van der Waals surface area (Å²) in [5.41, 5.74) is -0.0623. The van der Waals surface area contributed by atoms with Crippen LogP contribution < -0.4 is 0 Å². The molecule has 0 bridgehead atoms. The first-order chi connectivity index (χ1) is 9.41. The topological polar surface area (TPSA) is 40.5 Å². The molecule has 0 saturated carbocycles. The molecule has 1 aromatic carbocycles. The van der Waals surface area contributed by atoms with E-state index in [-0.39, 0.29) is 5.82 Å². The Hall–Kier alpha value is -1.42. The standard InChI is InChI=1S/C16H22FNO2/c1-12-7-9-18(10-8-12)16(2,15(19)20)11-13-3-5-14(17)6-4-13/h3-6,12H,7-11H2,1-2H3,(H,19,20). The Morgan fingerprint density at radius 3 is 2.40 bits per heavy atom. The highest BCUT2D eigenvalue weighted by atomic mass is 19.1. The van der Waals surface area contributed by atoms with Crippen LogP contribution in [0.1, 0.15) is 32.3 Å². The molecule has 0 aliphatic carbocycles. The zero-order valence-electron chi connectivity index (χ0n) is 12.1. The number of benzene rings is 1. The molecule has 110 valence electrons. The van der Waals surface area contributed by atoms with Gasteiger partial charge in [0.2, 0.25) is 0 Å². The van der Waals surface area contributed by atoms with E-state index in [0.717, 1.165) is 31.5 Å². The van der Waals surface area contributed by atoms with E-state index >= 15 is 0 Å². The second-order valence-electron chi connectivity index (χ2n) is 6.05. The molecule has 2 rings (SSSR count). The number of rotatable bonds is 4. The lowest BCUT2D eigenvalue weighted by Gasteiger charge is -2.42. The molecule has 3 nitrogen and oxygen atoms in total. The third-order valence-electron chi connectivity index (χ3n) is 4.40. The van der Waals surface area contributed by atoms with Crippen molar-refractivity contribution in [2.45, 2.75) is 38.6 Å². The Balaban J connectivity index is 2.16. The van der Waals surface area contributed by atoms with Crippen molar-refractivity contribution in [2.75, 3.05) is 13.1 Å². The highest BCUT2D eigenvalue weighted by Gasteiger charge is 2.40. The number of halogens is 1. The molecule has 4 heteroatoms. The van der Waals surface area contributed by atoms with Gasteiger partial charge < -0.3 is 5.11 Å². The monoisotopic (exact) mass is 279 g/mol. The normalized spacial score (nSPS) is 20.6. The van der Waals surface area contributed by atoms with E-state index in [4.69, 9.17) is 0 Å². The van der Waals surface area contributed by atoms with E-state index in [2.05, 4.69) is 11.8 Å². The Morgan fingerprint density at radius 1 is 1.35 bits per heavy atom. The molecule has 1 aliphatic heterocycles. The predicted octanol–water partition coefficient (Wildman–Crippen LogP) is 2.94. The molecule has 0 amide bonds. The summed E-state index contributed by atoms with van der Waals surface area (Å²) in [6, 6.07) is 6.11. The van der Waals surface area contributed by atoms with Crippen molar-refractivity contribution >= 4 is 5.97 Å². The minimum Gasteiger partial charge on any atom is -0.480 e. The van der Waals surface area contributed by atoms with Gasteiger partial charge in [0, 0.05) is 6.42 Å². The fraction of sp³-hybridized carbons (Fsp3) is 0.562. The van der Waals surface area contributed by atoms with Crippen molar-refractivity contribution in [1.82, 2.24) is 4.90 Å². The van der Waals surface area contributed by atoms with Crippen LogP contribution in [-0.2, 0) is 11.2 Å². The van der Waals surface area contributed by atoms with Gasteiger partial charge in [0.1, 0.15) is 11.4 Å². The molecule has 20 heavy (non-hydrogen) atoms. The first-order valence-electron chi connectivity index (χ1n) is 7.15. The zero-order chi connectivity index (χ0) is 14.8. The summed E-state index contributed by atoms with van der Waals surface area (Å²) in [7, 11) is 0. The van der Waals surface area contributed by atoms with E-state index in [9.17, 15) is 14.3 Å². The lowest BCUT2D eigenvalue weighted by atomic mass is 9.87. The molecule has 0 radical (unpaired) electrons. The number of carbonyl (C=O) groups is 1. The van der Waals surface area contributed by atoms with Crippen molar-refractivity contribution < 1.29 is 14.3 Å². The van der Waals surface area contributed by atoms with Crippen LogP contribution in [0.2, 0.25) is 0 Å². The van der Waals surface area contributed by atoms with Crippen LogP contribution in [0.4, 0.5) is 4.39 Å². The van der Waals surface area contributed by atoms with Crippen molar-refractivity contribution in [3.05, 3.63) is 35.6 Å². The molecule has 1 fully saturated rings. The van der Waals surface area contributed by atoms with Gasteiger partial charge in [-0.1, -0.05) is 19.1 Å². The smallest absolute Gasteiger partial charge is 0.324 e. The van der Waals surface area contributed by atoms with E-state index in [1.807, 2.05) is 0 Å². The van der Waals surface area contributed by atoms with Gasteiger partial charge in [-0.3, -0.25) is 9.69 Å². The lowest BCUT2D eigenvalue weighted by molar-refractivity contribution is -0.151. The summed E-state index contributed by atoms with van der Waals surface area (Å²) in [6.07, 6.45) is 2.47. The summed E-state index contributed by atoms with van der Waals surface area (Å²) in [6.45, 7) is 5.60. The summed E-state index contributed by atoms with van der Waals surface area (Å²) in [5, 5.41) is 9.65. The molecule has 1 heterocycles. The van der Waals surface area contributed by atoms with Crippen molar-refractivity contribution in [3.63, 3.8) is 0 Å². The van der Waals surface area contributed by atoms with E-state index in [1.165, 1.54) is 12.1 Å². The van der Waals surface area contributed by atoms with Crippen LogP contribution in [0.15, 0.2) is 24.3 Å². The molecule has 1 atom stereocenters. The number of nitrogens with zero attached hydrogens (tertiary/aromatic N) is 1. The predicted molar refractivity (Wildman–Crippen MR) is 76.1 cm³/mol. The molecule has 1 unspecified atom stereocenters. The minimum absolute atomic E-state index is 0.294. The summed E-state index contributed by atoms with van der Waals surface area (Å²) in [5.74, 6) is -0.441. The molecule has 0 spiro atoms. The number of carboxylic acid groups (broad SMARTS) is 1. The molecule has 1 aliphatic rings. The second-order valence-corrected chi connectivity index (χ2v) is 6.05. The molecule has 0 aromatic heterocycles. The second kappa shape index (κ2) is 5.92. The Kier molecular flexibility index (Phi) is 4.43. The van der Waals surface area contributed by atoms with Gasteiger partial charge in [-0.2, -0.15) is 0 Å². The quantitative estimate of drug-likeness (QED) is 0.921. The van der Waals surface area contributed by atoms with E-state index < -0.39 is 11.5 Å². The first-order valence-corrected chi connectivity index (χ1v) is 7.15. The number of hydrogen-bond donors (Lipinski definition) is 1. The van der Waals surface area contributed by atoms with Gasteiger partial charge in [-0.25, -0.2) is 4.39 Å². The Labute approximate surface area is 119 Å². The van der Waals surface area contributed by atoms with E-state index in [1.54, 1.807) is 19.1 Å².